The lowest BCUT2D eigenvalue weighted by molar-refractivity contribution is 0.298. The first kappa shape index (κ1) is 11.5. The summed E-state index contributed by atoms with van der Waals surface area (Å²) in [4.78, 5) is 0. The molecule has 0 saturated heterocycles. The lowest BCUT2D eigenvalue weighted by Crippen LogP contribution is -2.00. The molecule has 1 aromatic heterocycles. The van der Waals surface area contributed by atoms with Gasteiger partial charge in [0, 0.05) is 25.0 Å². The lowest BCUT2D eigenvalue weighted by Gasteiger charge is -2.10. The van der Waals surface area contributed by atoms with Gasteiger partial charge in [0.1, 0.15) is 12.4 Å². The molecule has 0 spiro atoms. The zero-order valence-corrected chi connectivity index (χ0v) is 10.4. The van der Waals surface area contributed by atoms with E-state index >= 15 is 0 Å². The third-order valence-corrected chi connectivity index (χ3v) is 2.71. The van der Waals surface area contributed by atoms with Crippen LogP contribution in [0.3, 0.4) is 0 Å². The zero-order valence-electron chi connectivity index (χ0n) is 10.4. The van der Waals surface area contributed by atoms with Gasteiger partial charge in [-0.1, -0.05) is 6.07 Å². The largest absolute Gasteiger partial charge is 0.487 e. The molecule has 4 heteroatoms. The summed E-state index contributed by atoms with van der Waals surface area (Å²) in [6, 6.07) is 5.84. The van der Waals surface area contributed by atoms with Crippen LogP contribution >= 0.6 is 0 Å². The second-order valence-electron chi connectivity index (χ2n) is 4.24. The number of nitrogens with two attached hydrogens (primary N) is 1. The van der Waals surface area contributed by atoms with E-state index < -0.39 is 0 Å². The van der Waals surface area contributed by atoms with Crippen LogP contribution in [0.4, 0.5) is 5.69 Å². The van der Waals surface area contributed by atoms with Gasteiger partial charge < -0.3 is 10.5 Å². The highest BCUT2D eigenvalue weighted by Gasteiger charge is 2.04. The fourth-order valence-corrected chi connectivity index (χ4v) is 1.70. The van der Waals surface area contributed by atoms with Crippen LogP contribution in [0.2, 0.25) is 0 Å². The number of hydrogen-bond donors (Lipinski definition) is 1. The van der Waals surface area contributed by atoms with E-state index in [2.05, 4.69) is 5.10 Å². The Kier molecular flexibility index (Phi) is 3.04. The van der Waals surface area contributed by atoms with Crippen molar-refractivity contribution in [3.05, 3.63) is 41.2 Å². The normalized spacial score (nSPS) is 10.5. The third-order valence-electron chi connectivity index (χ3n) is 2.71. The molecule has 0 saturated carbocycles. The van der Waals surface area contributed by atoms with Gasteiger partial charge in [-0.15, -0.1) is 0 Å². The Morgan fingerprint density at radius 1 is 1.29 bits per heavy atom. The quantitative estimate of drug-likeness (QED) is 0.824. The Hall–Kier alpha value is -1.97. The van der Waals surface area contributed by atoms with Crippen LogP contribution in [0, 0.1) is 13.8 Å². The number of rotatable bonds is 3. The van der Waals surface area contributed by atoms with Crippen molar-refractivity contribution in [1.82, 2.24) is 9.78 Å². The standard InChI is InChI=1S/C13H17N3O/c1-9-6-10(2)13(7-12(9)14)17-8-11-4-5-16(3)15-11/h4-7H,8,14H2,1-3H3. The minimum Gasteiger partial charge on any atom is -0.487 e. The van der Waals surface area contributed by atoms with Crippen LogP contribution in [-0.2, 0) is 13.7 Å². The summed E-state index contributed by atoms with van der Waals surface area (Å²) < 4.78 is 7.48. The van der Waals surface area contributed by atoms with Gasteiger partial charge in [-0.25, -0.2) is 0 Å². The van der Waals surface area contributed by atoms with Crippen molar-refractivity contribution in [2.75, 3.05) is 5.73 Å². The van der Waals surface area contributed by atoms with Crippen molar-refractivity contribution >= 4 is 5.69 Å². The molecule has 0 radical (unpaired) electrons. The monoisotopic (exact) mass is 231 g/mol. The van der Waals surface area contributed by atoms with Gasteiger partial charge >= 0.3 is 0 Å². The number of aromatic nitrogens is 2. The van der Waals surface area contributed by atoms with E-state index in [0.717, 1.165) is 28.3 Å². The maximum atomic E-state index is 5.86. The number of nitrogens with zero attached hydrogens (tertiary/aromatic N) is 2. The second-order valence-corrected chi connectivity index (χ2v) is 4.24. The number of aryl methyl sites for hydroxylation is 3. The summed E-state index contributed by atoms with van der Waals surface area (Å²) in [5, 5.41) is 4.26. The number of benzene rings is 1. The molecule has 0 aliphatic carbocycles. The average molecular weight is 231 g/mol. The van der Waals surface area contributed by atoms with E-state index in [1.54, 1.807) is 4.68 Å². The van der Waals surface area contributed by atoms with Gasteiger partial charge in [0.25, 0.3) is 0 Å². The summed E-state index contributed by atoms with van der Waals surface area (Å²) in [6.07, 6.45) is 1.90. The highest BCUT2D eigenvalue weighted by molar-refractivity contribution is 5.54. The van der Waals surface area contributed by atoms with Crippen molar-refractivity contribution in [2.45, 2.75) is 20.5 Å². The number of anilines is 1. The molecule has 0 bridgehead atoms. The van der Waals surface area contributed by atoms with E-state index in [0.29, 0.717) is 6.61 Å². The molecule has 0 aliphatic rings. The first-order valence-electron chi connectivity index (χ1n) is 5.54. The second kappa shape index (κ2) is 4.49. The average Bonchev–Trinajstić information content (AvgIpc) is 2.68. The predicted octanol–water partition coefficient (Wildman–Crippen LogP) is 2.20. The first-order valence-corrected chi connectivity index (χ1v) is 5.54. The van der Waals surface area contributed by atoms with E-state index in [9.17, 15) is 0 Å². The van der Waals surface area contributed by atoms with E-state index in [-0.39, 0.29) is 0 Å². The van der Waals surface area contributed by atoms with Gasteiger partial charge in [0.05, 0.1) is 5.69 Å². The maximum Gasteiger partial charge on any atom is 0.132 e. The van der Waals surface area contributed by atoms with Crippen LogP contribution < -0.4 is 10.5 Å². The van der Waals surface area contributed by atoms with Gasteiger partial charge in [-0.3, -0.25) is 4.68 Å². The SMILES string of the molecule is Cc1cc(C)c(OCc2ccn(C)n2)cc1N. The van der Waals surface area contributed by atoms with Crippen LogP contribution in [0.25, 0.3) is 0 Å². The molecule has 1 aromatic carbocycles. The Bertz CT molecular complexity index is 531. The number of hydrogen-bond acceptors (Lipinski definition) is 3. The van der Waals surface area contributed by atoms with Crippen molar-refractivity contribution in [3.63, 3.8) is 0 Å². The first-order chi connectivity index (χ1) is 8.06. The molecule has 0 unspecified atom stereocenters. The maximum absolute atomic E-state index is 5.86. The minimum atomic E-state index is 0.462. The topological polar surface area (TPSA) is 53.1 Å². The van der Waals surface area contributed by atoms with Crippen molar-refractivity contribution < 1.29 is 4.74 Å². The molecule has 0 aliphatic heterocycles. The van der Waals surface area contributed by atoms with Crippen molar-refractivity contribution in [3.8, 4) is 5.75 Å². The van der Waals surface area contributed by atoms with Crippen LogP contribution in [-0.4, -0.2) is 9.78 Å². The summed E-state index contributed by atoms with van der Waals surface area (Å²) in [6.45, 7) is 4.47. The van der Waals surface area contributed by atoms with Crippen LogP contribution in [0.15, 0.2) is 24.4 Å². The molecule has 0 atom stereocenters. The molecular formula is C13H17N3O. The molecule has 17 heavy (non-hydrogen) atoms. The Labute approximate surface area is 101 Å². The molecule has 4 nitrogen and oxygen atoms in total. The van der Waals surface area contributed by atoms with Gasteiger partial charge in [-0.2, -0.15) is 5.10 Å². The van der Waals surface area contributed by atoms with Crippen molar-refractivity contribution in [1.29, 1.82) is 0 Å². The molecular weight excluding hydrogens is 214 g/mol. The molecule has 90 valence electrons. The molecule has 0 amide bonds. The molecule has 2 rings (SSSR count). The zero-order chi connectivity index (χ0) is 12.4. The van der Waals surface area contributed by atoms with Gasteiger partial charge in [0.2, 0.25) is 0 Å². The van der Waals surface area contributed by atoms with Crippen molar-refractivity contribution in [2.24, 2.45) is 7.05 Å². The fraction of sp³-hybridized carbons (Fsp3) is 0.308. The van der Waals surface area contributed by atoms with E-state index in [4.69, 9.17) is 10.5 Å². The smallest absolute Gasteiger partial charge is 0.132 e. The van der Waals surface area contributed by atoms with Gasteiger partial charge in [-0.05, 0) is 31.0 Å². The Balaban J connectivity index is 2.11. The minimum absolute atomic E-state index is 0.462. The lowest BCUT2D eigenvalue weighted by atomic mass is 10.1. The Morgan fingerprint density at radius 3 is 2.71 bits per heavy atom. The summed E-state index contributed by atoms with van der Waals surface area (Å²) >= 11 is 0. The van der Waals surface area contributed by atoms with E-state index in [1.165, 1.54) is 0 Å². The summed E-state index contributed by atoms with van der Waals surface area (Å²) in [7, 11) is 1.89. The highest BCUT2D eigenvalue weighted by Crippen LogP contribution is 2.24. The van der Waals surface area contributed by atoms with Gasteiger partial charge in [0.15, 0.2) is 0 Å². The molecule has 1 heterocycles. The molecule has 2 aromatic rings. The van der Waals surface area contributed by atoms with E-state index in [1.807, 2.05) is 45.3 Å². The van der Waals surface area contributed by atoms with Crippen LogP contribution in [0.5, 0.6) is 5.75 Å². The highest BCUT2D eigenvalue weighted by atomic mass is 16.5. The third kappa shape index (κ3) is 2.58. The Morgan fingerprint density at radius 2 is 2.06 bits per heavy atom. The predicted molar refractivity (Wildman–Crippen MR) is 67.9 cm³/mol. The molecule has 0 fully saturated rings. The number of ether oxygens (including phenoxy) is 1. The summed E-state index contributed by atoms with van der Waals surface area (Å²) in [5.41, 5.74) is 9.69. The number of nitrogen functional groups attached to an aromatic ring is 1. The summed E-state index contributed by atoms with van der Waals surface area (Å²) in [5.74, 6) is 0.818. The molecule has 2 N–H and O–H groups in total. The fourth-order valence-electron chi connectivity index (χ4n) is 1.70. The van der Waals surface area contributed by atoms with Crippen LogP contribution in [0.1, 0.15) is 16.8 Å².